The number of sulfonamides is 1. The van der Waals surface area contributed by atoms with Gasteiger partial charge in [-0.2, -0.15) is 4.31 Å². The van der Waals surface area contributed by atoms with Gasteiger partial charge < -0.3 is 5.43 Å². The normalized spacial score (nSPS) is 11.8. The molecular weight excluding hydrogens is 240 g/mol. The summed E-state index contributed by atoms with van der Waals surface area (Å²) < 4.78 is 25.9. The maximum absolute atomic E-state index is 12.2. The van der Waals surface area contributed by atoms with Crippen LogP contribution in [0.3, 0.4) is 0 Å². The van der Waals surface area contributed by atoms with Crippen LogP contribution < -0.4 is 11.3 Å². The average molecular weight is 258 g/mol. The number of anilines is 1. The van der Waals surface area contributed by atoms with E-state index in [1.807, 2.05) is 0 Å². The summed E-state index contributed by atoms with van der Waals surface area (Å²) in [4.78, 5) is 4.29. The van der Waals surface area contributed by atoms with Gasteiger partial charge in [-0.05, 0) is 19.1 Å². The molecule has 96 valence electrons. The summed E-state index contributed by atoms with van der Waals surface area (Å²) in [6, 6.07) is 3.06. The molecule has 6 nitrogen and oxygen atoms in total. The molecule has 1 aromatic heterocycles. The Kier molecular flexibility index (Phi) is 4.44. The van der Waals surface area contributed by atoms with Gasteiger partial charge in [-0.15, -0.1) is 0 Å². The molecule has 0 amide bonds. The molecule has 0 bridgehead atoms. The standard InChI is InChI=1S/C10H18N4O2S/c1-4-14(5-2)17(15,16)9-6-7-10(13-11)12-8(9)3/h6-7H,4-5,11H2,1-3H3,(H,12,13). The Labute approximate surface area is 102 Å². The van der Waals surface area contributed by atoms with Gasteiger partial charge >= 0.3 is 0 Å². The smallest absolute Gasteiger partial charge is 0.244 e. The van der Waals surface area contributed by atoms with Crippen LogP contribution in [0.2, 0.25) is 0 Å². The number of hydrogen-bond acceptors (Lipinski definition) is 5. The highest BCUT2D eigenvalue weighted by Crippen LogP contribution is 2.19. The molecule has 0 atom stereocenters. The van der Waals surface area contributed by atoms with Crippen LogP contribution in [0.15, 0.2) is 17.0 Å². The Morgan fingerprint density at radius 1 is 1.35 bits per heavy atom. The van der Waals surface area contributed by atoms with Gasteiger partial charge in [0.1, 0.15) is 10.7 Å². The molecule has 0 spiro atoms. The van der Waals surface area contributed by atoms with Crippen molar-refractivity contribution in [3.05, 3.63) is 17.8 Å². The molecular formula is C10H18N4O2S. The van der Waals surface area contributed by atoms with Crippen LogP contribution in [-0.2, 0) is 10.0 Å². The lowest BCUT2D eigenvalue weighted by Gasteiger charge is -2.19. The molecule has 0 aliphatic carbocycles. The Balaban J connectivity index is 3.24. The van der Waals surface area contributed by atoms with Crippen LogP contribution in [0.4, 0.5) is 5.82 Å². The predicted molar refractivity (Wildman–Crippen MR) is 66.9 cm³/mol. The monoisotopic (exact) mass is 258 g/mol. The van der Waals surface area contributed by atoms with E-state index in [2.05, 4.69) is 10.4 Å². The molecule has 0 aromatic carbocycles. The van der Waals surface area contributed by atoms with E-state index in [4.69, 9.17) is 5.84 Å². The summed E-state index contributed by atoms with van der Waals surface area (Å²) in [7, 11) is -3.45. The van der Waals surface area contributed by atoms with Gasteiger partial charge in [-0.1, -0.05) is 13.8 Å². The molecule has 17 heavy (non-hydrogen) atoms. The number of nitrogen functional groups attached to an aromatic ring is 1. The van der Waals surface area contributed by atoms with Crippen LogP contribution in [0.1, 0.15) is 19.5 Å². The van der Waals surface area contributed by atoms with Crippen molar-refractivity contribution in [2.45, 2.75) is 25.7 Å². The second-order valence-electron chi connectivity index (χ2n) is 3.51. The van der Waals surface area contributed by atoms with Crippen LogP contribution in [0.25, 0.3) is 0 Å². The number of aromatic nitrogens is 1. The predicted octanol–water partition coefficient (Wildman–Crippen LogP) is 0.706. The zero-order valence-corrected chi connectivity index (χ0v) is 11.1. The summed E-state index contributed by atoms with van der Waals surface area (Å²) in [6.07, 6.45) is 0. The number of nitrogens with zero attached hydrogens (tertiary/aromatic N) is 2. The fourth-order valence-electron chi connectivity index (χ4n) is 1.60. The highest BCUT2D eigenvalue weighted by molar-refractivity contribution is 7.89. The zero-order valence-electron chi connectivity index (χ0n) is 10.3. The first kappa shape index (κ1) is 13.9. The molecule has 0 aliphatic heterocycles. The van der Waals surface area contributed by atoms with Crippen LogP contribution in [0, 0.1) is 6.92 Å². The van der Waals surface area contributed by atoms with E-state index in [0.29, 0.717) is 24.6 Å². The number of rotatable bonds is 5. The van der Waals surface area contributed by atoms with Gasteiger partial charge in [-0.3, -0.25) is 0 Å². The average Bonchev–Trinajstić information content (AvgIpc) is 2.29. The second-order valence-corrected chi connectivity index (χ2v) is 5.42. The summed E-state index contributed by atoms with van der Waals surface area (Å²) in [5.74, 6) is 5.66. The number of pyridine rings is 1. The minimum Gasteiger partial charge on any atom is -0.308 e. The van der Waals surface area contributed by atoms with Gasteiger partial charge in [0.25, 0.3) is 0 Å². The van der Waals surface area contributed by atoms with Gasteiger partial charge in [0, 0.05) is 13.1 Å². The Morgan fingerprint density at radius 3 is 2.35 bits per heavy atom. The lowest BCUT2D eigenvalue weighted by atomic mass is 10.4. The fraction of sp³-hybridized carbons (Fsp3) is 0.500. The van der Waals surface area contributed by atoms with E-state index in [9.17, 15) is 8.42 Å². The third-order valence-corrected chi connectivity index (χ3v) is 4.69. The van der Waals surface area contributed by atoms with Crippen molar-refractivity contribution in [2.75, 3.05) is 18.5 Å². The van der Waals surface area contributed by atoms with Crippen molar-refractivity contribution in [3.8, 4) is 0 Å². The molecule has 0 aliphatic rings. The topological polar surface area (TPSA) is 88.3 Å². The summed E-state index contributed by atoms with van der Waals surface area (Å²) >= 11 is 0. The molecule has 3 N–H and O–H groups in total. The van der Waals surface area contributed by atoms with E-state index >= 15 is 0 Å². The maximum Gasteiger partial charge on any atom is 0.244 e. The number of aryl methyl sites for hydroxylation is 1. The van der Waals surface area contributed by atoms with Gasteiger partial charge in [0.15, 0.2) is 0 Å². The molecule has 0 unspecified atom stereocenters. The van der Waals surface area contributed by atoms with Gasteiger partial charge in [0.2, 0.25) is 10.0 Å². The summed E-state index contributed by atoms with van der Waals surface area (Å²) in [6.45, 7) is 6.14. The molecule has 0 fully saturated rings. The van der Waals surface area contributed by atoms with Gasteiger partial charge in [-0.25, -0.2) is 19.2 Å². The van der Waals surface area contributed by atoms with Gasteiger partial charge in [0.05, 0.1) is 5.69 Å². The van der Waals surface area contributed by atoms with Crippen molar-refractivity contribution >= 4 is 15.8 Å². The first-order valence-corrected chi connectivity index (χ1v) is 6.85. The second kappa shape index (κ2) is 5.44. The number of nitrogens with one attached hydrogen (secondary N) is 1. The maximum atomic E-state index is 12.2. The number of hydrogen-bond donors (Lipinski definition) is 2. The molecule has 0 saturated heterocycles. The lowest BCUT2D eigenvalue weighted by molar-refractivity contribution is 0.444. The fourth-order valence-corrected chi connectivity index (χ4v) is 3.22. The van der Waals surface area contributed by atoms with E-state index in [1.54, 1.807) is 26.8 Å². The molecule has 7 heteroatoms. The Hall–Kier alpha value is -1.18. The molecule has 0 saturated carbocycles. The zero-order chi connectivity index (χ0) is 13.1. The SMILES string of the molecule is CCN(CC)S(=O)(=O)c1ccc(NN)nc1C. The Bertz CT molecular complexity index is 483. The minimum atomic E-state index is -3.45. The number of hydrazine groups is 1. The van der Waals surface area contributed by atoms with Crippen molar-refractivity contribution in [2.24, 2.45) is 5.84 Å². The molecule has 0 radical (unpaired) electrons. The highest BCUT2D eigenvalue weighted by atomic mass is 32.2. The summed E-state index contributed by atoms with van der Waals surface area (Å²) in [5.41, 5.74) is 2.82. The van der Waals surface area contributed by atoms with Crippen LogP contribution >= 0.6 is 0 Å². The van der Waals surface area contributed by atoms with Crippen molar-refractivity contribution < 1.29 is 8.42 Å². The highest BCUT2D eigenvalue weighted by Gasteiger charge is 2.24. The quantitative estimate of drug-likeness (QED) is 0.599. The van der Waals surface area contributed by atoms with Crippen molar-refractivity contribution in [1.29, 1.82) is 0 Å². The first-order chi connectivity index (χ1) is 7.97. The molecule has 1 rings (SSSR count). The van der Waals surface area contributed by atoms with Crippen molar-refractivity contribution in [3.63, 3.8) is 0 Å². The largest absolute Gasteiger partial charge is 0.308 e. The number of nitrogens with two attached hydrogens (primary N) is 1. The van der Waals surface area contributed by atoms with E-state index in [0.717, 1.165) is 0 Å². The lowest BCUT2D eigenvalue weighted by Crippen LogP contribution is -2.31. The van der Waals surface area contributed by atoms with Crippen LogP contribution in [0.5, 0.6) is 0 Å². The molecule has 1 heterocycles. The summed E-state index contributed by atoms with van der Waals surface area (Å²) in [5, 5.41) is 0. The Morgan fingerprint density at radius 2 is 1.94 bits per heavy atom. The van der Waals surface area contributed by atoms with E-state index in [-0.39, 0.29) is 4.90 Å². The van der Waals surface area contributed by atoms with E-state index < -0.39 is 10.0 Å². The van der Waals surface area contributed by atoms with Crippen molar-refractivity contribution in [1.82, 2.24) is 9.29 Å². The van der Waals surface area contributed by atoms with Crippen LogP contribution in [-0.4, -0.2) is 30.8 Å². The third-order valence-electron chi connectivity index (χ3n) is 2.51. The third kappa shape index (κ3) is 2.74. The molecule has 1 aromatic rings. The minimum absolute atomic E-state index is 0.222. The van der Waals surface area contributed by atoms with E-state index in [1.165, 1.54) is 10.4 Å². The first-order valence-electron chi connectivity index (χ1n) is 5.41.